The number of thioether (sulfide) groups is 1. The molecule has 1 aromatic heterocycles. The van der Waals surface area contributed by atoms with Crippen LogP contribution >= 0.6 is 11.8 Å². The lowest BCUT2D eigenvalue weighted by Crippen LogP contribution is -2.29. The van der Waals surface area contributed by atoms with Crippen LogP contribution in [0.2, 0.25) is 0 Å². The summed E-state index contributed by atoms with van der Waals surface area (Å²) in [6, 6.07) is 19.1. The molecule has 0 radical (unpaired) electrons. The third-order valence-corrected chi connectivity index (χ3v) is 4.54. The minimum Gasteiger partial charge on any atom is -0.618 e. The van der Waals surface area contributed by atoms with Crippen molar-refractivity contribution in [2.45, 2.75) is 11.1 Å². The van der Waals surface area contributed by atoms with Gasteiger partial charge in [-0.25, -0.2) is 0 Å². The summed E-state index contributed by atoms with van der Waals surface area (Å²) in [5.74, 6) is 1.13. The average molecular weight is 327 g/mol. The van der Waals surface area contributed by atoms with Crippen LogP contribution in [0.1, 0.15) is 0 Å². The van der Waals surface area contributed by atoms with Crippen molar-refractivity contribution in [2.24, 2.45) is 0 Å². The largest absolute Gasteiger partial charge is 0.618 e. The minimum absolute atomic E-state index is 0.191. The van der Waals surface area contributed by atoms with Gasteiger partial charge >= 0.3 is 0 Å². The van der Waals surface area contributed by atoms with E-state index in [9.17, 15) is 10.3 Å². The van der Waals surface area contributed by atoms with Crippen molar-refractivity contribution in [2.75, 3.05) is 12.4 Å². The van der Waals surface area contributed by atoms with Crippen molar-refractivity contribution >= 4 is 22.5 Å². The molecule has 0 fully saturated rings. The van der Waals surface area contributed by atoms with Gasteiger partial charge in [-0.1, -0.05) is 42.1 Å². The fraction of sp³-hybridized carbons (Fsp3) is 0.167. The molecular weight excluding hydrogens is 310 g/mol. The molecule has 0 amide bonds. The summed E-state index contributed by atoms with van der Waals surface area (Å²) < 4.78 is 6.44. The summed E-state index contributed by atoms with van der Waals surface area (Å²) >= 11 is 1.31. The van der Waals surface area contributed by atoms with E-state index in [1.807, 2.05) is 42.5 Å². The predicted molar refractivity (Wildman–Crippen MR) is 91.6 cm³/mol. The van der Waals surface area contributed by atoms with E-state index in [2.05, 4.69) is 0 Å². The second-order valence-electron chi connectivity index (χ2n) is 5.15. The van der Waals surface area contributed by atoms with Gasteiger partial charge in [0.15, 0.2) is 6.20 Å². The van der Waals surface area contributed by atoms with Crippen LogP contribution in [0.25, 0.3) is 10.8 Å². The SMILES string of the molecule is [O-][n+]1ccccc1SC[C@H](O)COc1ccc2ccccc2c1. The second kappa shape index (κ2) is 7.35. The molecule has 0 spiro atoms. The smallest absolute Gasteiger partial charge is 0.251 e. The zero-order valence-electron chi connectivity index (χ0n) is 12.5. The van der Waals surface area contributed by atoms with Crippen molar-refractivity contribution in [1.82, 2.24) is 0 Å². The van der Waals surface area contributed by atoms with E-state index in [0.717, 1.165) is 21.3 Å². The molecule has 0 unspecified atom stereocenters. The minimum atomic E-state index is -0.647. The number of aliphatic hydroxyl groups is 1. The number of rotatable bonds is 6. The second-order valence-corrected chi connectivity index (χ2v) is 6.19. The van der Waals surface area contributed by atoms with Gasteiger partial charge in [0.1, 0.15) is 12.4 Å². The Morgan fingerprint density at radius 3 is 2.65 bits per heavy atom. The number of hydrogen-bond donors (Lipinski definition) is 1. The molecule has 1 heterocycles. The van der Waals surface area contributed by atoms with Gasteiger partial charge in [0.05, 0.1) is 6.10 Å². The van der Waals surface area contributed by atoms with Crippen LogP contribution in [0.5, 0.6) is 5.75 Å². The third-order valence-electron chi connectivity index (χ3n) is 3.38. The van der Waals surface area contributed by atoms with Gasteiger partial charge in [0.25, 0.3) is 5.03 Å². The lowest BCUT2D eigenvalue weighted by atomic mass is 10.1. The van der Waals surface area contributed by atoms with E-state index in [4.69, 9.17) is 4.74 Å². The standard InChI is InChI=1S/C18H17NO3S/c20-16(13-23-18-7-3-4-10-19(18)21)12-22-17-9-8-14-5-1-2-6-15(14)11-17/h1-11,16,20H,12-13H2/t16-/m1/s1. The van der Waals surface area contributed by atoms with E-state index < -0.39 is 6.10 Å². The summed E-state index contributed by atoms with van der Waals surface area (Å²) in [6.45, 7) is 0.191. The maximum absolute atomic E-state index is 11.5. The molecule has 3 aromatic rings. The van der Waals surface area contributed by atoms with Crippen molar-refractivity contribution < 1.29 is 14.6 Å². The normalized spacial score (nSPS) is 12.2. The molecule has 0 aliphatic carbocycles. The zero-order chi connectivity index (χ0) is 16.1. The van der Waals surface area contributed by atoms with Crippen molar-refractivity contribution in [3.63, 3.8) is 0 Å². The highest BCUT2D eigenvalue weighted by Crippen LogP contribution is 2.21. The Hall–Kier alpha value is -2.24. The first-order valence-corrected chi connectivity index (χ1v) is 8.31. The Kier molecular flexibility index (Phi) is 5.00. The molecule has 0 saturated heterocycles. The number of fused-ring (bicyclic) bond motifs is 1. The summed E-state index contributed by atoms with van der Waals surface area (Å²) in [4.78, 5) is 0. The molecule has 2 aromatic carbocycles. The molecule has 1 atom stereocenters. The number of benzene rings is 2. The van der Waals surface area contributed by atoms with E-state index in [1.54, 1.807) is 18.2 Å². The molecule has 118 valence electrons. The van der Waals surface area contributed by atoms with E-state index in [1.165, 1.54) is 18.0 Å². The Morgan fingerprint density at radius 1 is 1.04 bits per heavy atom. The topological polar surface area (TPSA) is 56.4 Å². The summed E-state index contributed by atoms with van der Waals surface area (Å²) in [5, 5.41) is 24.4. The number of aliphatic hydroxyl groups excluding tert-OH is 1. The first-order valence-electron chi connectivity index (χ1n) is 7.33. The lowest BCUT2D eigenvalue weighted by molar-refractivity contribution is -0.645. The maximum atomic E-state index is 11.5. The average Bonchev–Trinajstić information content (AvgIpc) is 2.59. The third kappa shape index (κ3) is 4.15. The van der Waals surface area contributed by atoms with Crippen LogP contribution in [0, 0.1) is 5.21 Å². The molecule has 23 heavy (non-hydrogen) atoms. The first kappa shape index (κ1) is 15.6. The van der Waals surface area contributed by atoms with Gasteiger partial charge < -0.3 is 15.1 Å². The highest BCUT2D eigenvalue weighted by molar-refractivity contribution is 7.99. The summed E-state index contributed by atoms with van der Waals surface area (Å²) in [6.07, 6.45) is 0.798. The van der Waals surface area contributed by atoms with Gasteiger partial charge in [0.2, 0.25) is 0 Å². The van der Waals surface area contributed by atoms with Gasteiger partial charge in [-0.3, -0.25) is 0 Å². The van der Waals surface area contributed by atoms with Crippen LogP contribution in [-0.4, -0.2) is 23.6 Å². The number of pyridine rings is 1. The van der Waals surface area contributed by atoms with Crippen LogP contribution < -0.4 is 9.47 Å². The number of aromatic nitrogens is 1. The molecule has 5 heteroatoms. The van der Waals surface area contributed by atoms with Crippen molar-refractivity contribution in [3.05, 3.63) is 72.1 Å². The number of ether oxygens (including phenoxy) is 1. The fourth-order valence-corrected chi connectivity index (χ4v) is 3.03. The van der Waals surface area contributed by atoms with Crippen molar-refractivity contribution in [3.8, 4) is 5.75 Å². The monoisotopic (exact) mass is 327 g/mol. The number of nitrogens with zero attached hydrogens (tertiary/aromatic N) is 1. The van der Waals surface area contributed by atoms with Gasteiger partial charge in [-0.2, -0.15) is 4.73 Å². The maximum Gasteiger partial charge on any atom is 0.251 e. The van der Waals surface area contributed by atoms with Crippen LogP contribution in [0.15, 0.2) is 71.9 Å². The van der Waals surface area contributed by atoms with Crippen LogP contribution in [0.3, 0.4) is 0 Å². The van der Waals surface area contributed by atoms with Crippen LogP contribution in [0.4, 0.5) is 0 Å². The highest BCUT2D eigenvalue weighted by atomic mass is 32.2. The molecule has 0 aliphatic rings. The molecule has 3 rings (SSSR count). The molecule has 4 nitrogen and oxygen atoms in total. The number of hydrogen-bond acceptors (Lipinski definition) is 4. The Bertz CT molecular complexity index is 794. The predicted octanol–water partition coefficient (Wildman–Crippen LogP) is 3.01. The Labute approximate surface area is 138 Å². The first-order chi connectivity index (χ1) is 11.2. The van der Waals surface area contributed by atoms with E-state index in [-0.39, 0.29) is 6.61 Å². The van der Waals surface area contributed by atoms with E-state index in [0.29, 0.717) is 10.8 Å². The summed E-state index contributed by atoms with van der Waals surface area (Å²) in [7, 11) is 0. The molecule has 0 saturated carbocycles. The molecule has 1 N–H and O–H groups in total. The molecule has 0 bridgehead atoms. The fourth-order valence-electron chi connectivity index (χ4n) is 2.20. The zero-order valence-corrected chi connectivity index (χ0v) is 13.3. The summed E-state index contributed by atoms with van der Waals surface area (Å²) in [5.41, 5.74) is 0. The van der Waals surface area contributed by atoms with E-state index >= 15 is 0 Å². The van der Waals surface area contributed by atoms with Gasteiger partial charge in [0, 0.05) is 17.9 Å². The molecular formula is C18H17NO3S. The molecule has 0 aliphatic heterocycles. The Morgan fingerprint density at radius 2 is 1.83 bits per heavy atom. The van der Waals surface area contributed by atoms with Crippen molar-refractivity contribution in [1.29, 1.82) is 0 Å². The highest BCUT2D eigenvalue weighted by Gasteiger charge is 2.11. The van der Waals surface area contributed by atoms with Gasteiger partial charge in [-0.15, -0.1) is 0 Å². The van der Waals surface area contributed by atoms with Crippen LogP contribution in [-0.2, 0) is 0 Å². The Balaban J connectivity index is 1.53. The quantitative estimate of drug-likeness (QED) is 0.429. The van der Waals surface area contributed by atoms with Gasteiger partial charge in [-0.05, 0) is 29.0 Å². The lowest BCUT2D eigenvalue weighted by Gasteiger charge is -2.12.